The van der Waals surface area contributed by atoms with Crippen molar-refractivity contribution in [2.75, 3.05) is 12.5 Å². The van der Waals surface area contributed by atoms with E-state index in [2.05, 4.69) is 18.5 Å². The number of hydrogen-bond acceptors (Lipinski definition) is 4. The minimum atomic E-state index is -0.146. The highest BCUT2D eigenvalue weighted by Crippen LogP contribution is 2.26. The molecule has 1 N–H and O–H groups in total. The van der Waals surface area contributed by atoms with Crippen molar-refractivity contribution in [3.63, 3.8) is 0 Å². The number of carbonyl (C=O) groups excluding carboxylic acids is 1. The normalized spacial score (nSPS) is 10.8. The molecule has 0 saturated carbocycles. The van der Waals surface area contributed by atoms with E-state index in [4.69, 9.17) is 4.98 Å². The number of allylic oxidation sites excluding steroid dienone is 3. The van der Waals surface area contributed by atoms with Gasteiger partial charge in [0, 0.05) is 28.6 Å². The predicted octanol–water partition coefficient (Wildman–Crippen LogP) is 6.51. The number of rotatable bonds is 7. The number of hydrogen-bond donors (Lipinski definition) is 1. The van der Waals surface area contributed by atoms with Crippen LogP contribution < -0.4 is 10.7 Å². The minimum Gasteiger partial charge on any atom is -0.341 e. The molecule has 0 amide bonds. The lowest BCUT2D eigenvalue weighted by molar-refractivity contribution is 0.101. The summed E-state index contributed by atoms with van der Waals surface area (Å²) in [5.74, 6) is 0.565. The lowest BCUT2D eigenvalue weighted by Crippen LogP contribution is -2.15. The molecule has 0 radical (unpaired) electrons. The van der Waals surface area contributed by atoms with E-state index in [0.29, 0.717) is 41.0 Å². The van der Waals surface area contributed by atoms with Gasteiger partial charge in [-0.2, -0.15) is 0 Å². The molecule has 0 aliphatic carbocycles. The minimum absolute atomic E-state index is 0.00672. The quantitative estimate of drug-likeness (QED) is 0.249. The van der Waals surface area contributed by atoms with Crippen LogP contribution in [0.15, 0.2) is 115 Å². The van der Waals surface area contributed by atoms with Crippen molar-refractivity contribution in [3.8, 4) is 16.9 Å². The van der Waals surface area contributed by atoms with Crippen LogP contribution in [0.3, 0.4) is 0 Å². The third-order valence-corrected chi connectivity index (χ3v) is 5.25. The third-order valence-electron chi connectivity index (χ3n) is 5.25. The molecule has 0 bridgehead atoms. The molecule has 2 aromatic carbocycles. The maximum atomic E-state index is 13.0. The zero-order chi connectivity index (χ0) is 25.4. The Morgan fingerprint density at radius 1 is 1.00 bits per heavy atom. The molecular formula is C29H26FN3O2. The number of nitrogens with one attached hydrogen (secondary N) is 1. The van der Waals surface area contributed by atoms with Crippen molar-refractivity contribution in [2.24, 2.45) is 0 Å². The number of halogens is 1. The van der Waals surface area contributed by atoms with Crippen LogP contribution in [0.1, 0.15) is 17.3 Å². The number of nitrogens with zero attached hydrogens (tertiary/aromatic N) is 2. The second-order valence-electron chi connectivity index (χ2n) is 7.45. The van der Waals surface area contributed by atoms with Gasteiger partial charge in [0.1, 0.15) is 5.82 Å². The van der Waals surface area contributed by atoms with Crippen LogP contribution in [-0.2, 0) is 0 Å². The highest BCUT2D eigenvalue weighted by atomic mass is 19.1. The molecule has 6 heteroatoms. The topological polar surface area (TPSA) is 64.0 Å². The Bertz CT molecular complexity index is 1450. The molecule has 176 valence electrons. The highest BCUT2D eigenvalue weighted by Gasteiger charge is 2.14. The number of carbonyl (C=O) groups is 1. The van der Waals surface area contributed by atoms with Crippen LogP contribution in [0, 0.1) is 0 Å². The van der Waals surface area contributed by atoms with Gasteiger partial charge in [-0.1, -0.05) is 61.7 Å². The van der Waals surface area contributed by atoms with Crippen LogP contribution >= 0.6 is 0 Å². The summed E-state index contributed by atoms with van der Waals surface area (Å²) in [5.41, 5.74) is 4.11. The van der Waals surface area contributed by atoms with Crippen molar-refractivity contribution in [1.82, 2.24) is 9.55 Å². The number of pyridine rings is 2. The van der Waals surface area contributed by atoms with Gasteiger partial charge in [0.15, 0.2) is 16.9 Å². The Labute approximate surface area is 203 Å². The van der Waals surface area contributed by atoms with Crippen molar-refractivity contribution in [1.29, 1.82) is 0 Å². The average Bonchev–Trinajstić information content (AvgIpc) is 2.90. The molecule has 0 aliphatic rings. The Hall–Kier alpha value is -4.58. The third kappa shape index (κ3) is 5.50. The van der Waals surface area contributed by atoms with Crippen molar-refractivity contribution in [2.45, 2.75) is 6.92 Å². The van der Waals surface area contributed by atoms with Gasteiger partial charge in [-0.15, -0.1) is 0 Å². The second kappa shape index (κ2) is 11.5. The lowest BCUT2D eigenvalue weighted by Gasteiger charge is -2.18. The molecule has 0 saturated heterocycles. The van der Waals surface area contributed by atoms with Crippen molar-refractivity contribution < 1.29 is 9.18 Å². The van der Waals surface area contributed by atoms with Gasteiger partial charge >= 0.3 is 0 Å². The van der Waals surface area contributed by atoms with E-state index in [-0.39, 0.29) is 11.2 Å². The Kier molecular flexibility index (Phi) is 8.24. The number of aromatic nitrogens is 2. The Morgan fingerprint density at radius 2 is 1.69 bits per heavy atom. The molecule has 4 rings (SSSR count). The number of ketones is 1. The first-order valence-corrected chi connectivity index (χ1v) is 10.9. The van der Waals surface area contributed by atoms with E-state index in [0.717, 1.165) is 11.3 Å². The van der Waals surface area contributed by atoms with Gasteiger partial charge in [-0.25, -0.2) is 4.98 Å². The van der Waals surface area contributed by atoms with E-state index in [1.165, 1.54) is 6.92 Å². The summed E-state index contributed by atoms with van der Waals surface area (Å²) in [4.78, 5) is 29.5. The molecule has 4 aromatic rings. The highest BCUT2D eigenvalue weighted by molar-refractivity contribution is 5.94. The van der Waals surface area contributed by atoms with Crippen LogP contribution in [0.2, 0.25) is 0 Å². The largest absolute Gasteiger partial charge is 0.341 e. The van der Waals surface area contributed by atoms with Gasteiger partial charge in [-0.3, -0.25) is 18.5 Å². The molecular weight excluding hydrogens is 441 g/mol. The summed E-state index contributed by atoms with van der Waals surface area (Å²) in [6.45, 7) is 9.10. The summed E-state index contributed by atoms with van der Waals surface area (Å²) in [6, 6.07) is 22.2. The zero-order valence-electron chi connectivity index (χ0n) is 19.7. The van der Waals surface area contributed by atoms with Gasteiger partial charge in [0.2, 0.25) is 0 Å². The zero-order valence-corrected chi connectivity index (χ0v) is 19.7. The average molecular weight is 468 g/mol. The first-order chi connectivity index (χ1) is 17.0. The predicted molar refractivity (Wildman–Crippen MR) is 142 cm³/mol. The van der Waals surface area contributed by atoms with Crippen LogP contribution in [0.4, 0.5) is 10.2 Å². The molecule has 35 heavy (non-hydrogen) atoms. The van der Waals surface area contributed by atoms with E-state index in [1.807, 2.05) is 53.1 Å². The summed E-state index contributed by atoms with van der Waals surface area (Å²) in [6.07, 6.45) is 5.08. The van der Waals surface area contributed by atoms with Gasteiger partial charge in [0.05, 0.1) is 18.3 Å². The fraction of sp³-hybridized carbons (Fsp3) is 0.0690. The molecule has 0 fully saturated rings. The second-order valence-corrected chi connectivity index (χ2v) is 7.45. The number of para-hydroxylation sites is 1. The monoisotopic (exact) mass is 467 g/mol. The fourth-order valence-electron chi connectivity index (χ4n) is 3.59. The van der Waals surface area contributed by atoms with Gasteiger partial charge in [-0.05, 0) is 43.3 Å². The number of benzene rings is 2. The molecule has 2 aromatic heterocycles. The Morgan fingerprint density at radius 3 is 2.29 bits per heavy atom. The fourth-order valence-corrected chi connectivity index (χ4v) is 3.59. The summed E-state index contributed by atoms with van der Waals surface area (Å²) in [7, 11) is 0.500. The number of fused-ring (bicyclic) bond motifs is 1. The van der Waals surface area contributed by atoms with E-state index < -0.39 is 0 Å². The molecule has 2 heterocycles. The van der Waals surface area contributed by atoms with Crippen molar-refractivity contribution >= 4 is 22.6 Å². The summed E-state index contributed by atoms with van der Waals surface area (Å²) >= 11 is 0. The maximum absolute atomic E-state index is 13.0. The standard InChI is InChI=1S/C28H23N3O2.CH3F/c1-4-9-22(5-2)29-27-18-26(33)24-16-17-25(21-14-12-20(13-15-21)19(3)32)30-28(24)31(27)23-10-7-6-8-11-23;1-2/h4-18,29H,1-2H2,3H3;1H3/b22-9+;. The molecule has 0 aliphatic heterocycles. The van der Waals surface area contributed by atoms with Crippen LogP contribution in [-0.4, -0.2) is 22.5 Å². The van der Waals surface area contributed by atoms with Gasteiger partial charge < -0.3 is 5.32 Å². The van der Waals surface area contributed by atoms with Crippen molar-refractivity contribution in [3.05, 3.63) is 126 Å². The first-order valence-electron chi connectivity index (χ1n) is 10.9. The van der Waals surface area contributed by atoms with Crippen LogP contribution in [0.5, 0.6) is 0 Å². The van der Waals surface area contributed by atoms with E-state index in [1.54, 1.807) is 42.5 Å². The summed E-state index contributed by atoms with van der Waals surface area (Å²) in [5, 5.41) is 3.77. The SMILES string of the molecule is C=C/C=C(\C=C)Nc1cc(=O)c2ccc(-c3ccc(C(C)=O)cc3)nc2n1-c1ccccc1.CF. The first kappa shape index (κ1) is 25.1. The molecule has 0 atom stereocenters. The number of alkyl halides is 1. The number of Topliss-reactive ketones (excluding diaryl/α,β-unsaturated/α-hetero) is 1. The summed E-state index contributed by atoms with van der Waals surface area (Å²) < 4.78 is 11.4. The van der Waals surface area contributed by atoms with E-state index in [9.17, 15) is 14.0 Å². The Balaban J connectivity index is 0.00000167. The molecule has 0 spiro atoms. The maximum Gasteiger partial charge on any atom is 0.193 e. The van der Waals surface area contributed by atoms with E-state index >= 15 is 0 Å². The molecule has 5 nitrogen and oxygen atoms in total. The number of anilines is 1. The smallest absolute Gasteiger partial charge is 0.193 e. The lowest BCUT2D eigenvalue weighted by atomic mass is 10.1. The van der Waals surface area contributed by atoms with Gasteiger partial charge in [0.25, 0.3) is 0 Å². The molecule has 0 unspecified atom stereocenters. The van der Waals surface area contributed by atoms with Crippen LogP contribution in [0.25, 0.3) is 28.0 Å².